The fraction of sp³-hybridized carbons (Fsp3) is 0.471. The van der Waals surface area contributed by atoms with Gasteiger partial charge < -0.3 is 18.9 Å². The van der Waals surface area contributed by atoms with Crippen molar-refractivity contribution in [1.29, 1.82) is 0 Å². The highest BCUT2D eigenvalue weighted by Gasteiger charge is 2.26. The number of aryl methyl sites for hydroxylation is 1. The maximum atomic E-state index is 6.15. The summed E-state index contributed by atoms with van der Waals surface area (Å²) >= 11 is 0. The van der Waals surface area contributed by atoms with Gasteiger partial charge in [-0.15, -0.1) is 0 Å². The molecule has 1 aromatic heterocycles. The lowest BCUT2D eigenvalue weighted by Crippen LogP contribution is -2.04. The molecular weight excluding hydrogens is 500 g/mol. The molecule has 6 heteroatoms. The van der Waals surface area contributed by atoms with Gasteiger partial charge in [-0.05, 0) is 55.4 Å². The van der Waals surface area contributed by atoms with Crippen LogP contribution < -0.4 is 4.74 Å². The Balaban J connectivity index is 1.24. The van der Waals surface area contributed by atoms with E-state index in [2.05, 4.69) is 42.0 Å². The first kappa shape index (κ1) is 29.6. The Bertz CT molecular complexity index is 1160. The molecule has 1 unspecified atom stereocenters. The standard InChI is InChI=1S/C34H44N2O4/c1-3-5-7-8-9-14-28-15-10-11-16-31(28)34-39-26-32(40-34)33-35-24-29(25-36-33)27-17-19-30(20-18-27)38-23-13-12-22-37-21-6-4-2/h10-11,15-20,24-26,34H,3-9,12-14,21-23H2,1-2H3. The first-order valence-corrected chi connectivity index (χ1v) is 15.0. The Morgan fingerprint density at radius 2 is 1.45 bits per heavy atom. The summed E-state index contributed by atoms with van der Waals surface area (Å²) in [6.07, 6.45) is 16.4. The second-order valence-electron chi connectivity index (χ2n) is 10.3. The minimum atomic E-state index is -0.466. The maximum absolute atomic E-state index is 6.15. The monoisotopic (exact) mass is 544 g/mol. The molecule has 6 nitrogen and oxygen atoms in total. The maximum Gasteiger partial charge on any atom is 0.267 e. The Labute approximate surface area is 239 Å². The molecular formula is C34H44N2O4. The van der Waals surface area contributed by atoms with E-state index in [1.807, 2.05) is 42.7 Å². The van der Waals surface area contributed by atoms with Gasteiger partial charge in [0.25, 0.3) is 6.29 Å². The van der Waals surface area contributed by atoms with Gasteiger partial charge in [0.2, 0.25) is 5.76 Å². The minimum Gasteiger partial charge on any atom is -0.494 e. The van der Waals surface area contributed by atoms with E-state index >= 15 is 0 Å². The summed E-state index contributed by atoms with van der Waals surface area (Å²) in [6.45, 7) is 6.77. The number of rotatable bonds is 18. The third kappa shape index (κ3) is 9.09. The van der Waals surface area contributed by atoms with Crippen molar-refractivity contribution < 1.29 is 18.9 Å². The Morgan fingerprint density at radius 3 is 2.25 bits per heavy atom. The largest absolute Gasteiger partial charge is 0.494 e. The zero-order chi connectivity index (χ0) is 27.8. The fourth-order valence-electron chi connectivity index (χ4n) is 4.64. The van der Waals surface area contributed by atoms with Crippen LogP contribution in [0.1, 0.15) is 94.9 Å². The van der Waals surface area contributed by atoms with Gasteiger partial charge >= 0.3 is 0 Å². The van der Waals surface area contributed by atoms with Crippen molar-refractivity contribution >= 4 is 5.76 Å². The summed E-state index contributed by atoms with van der Waals surface area (Å²) in [5.41, 5.74) is 4.32. The van der Waals surface area contributed by atoms with E-state index < -0.39 is 6.29 Å². The fourth-order valence-corrected chi connectivity index (χ4v) is 4.64. The molecule has 1 atom stereocenters. The zero-order valence-corrected chi connectivity index (χ0v) is 24.1. The highest BCUT2D eigenvalue weighted by Crippen LogP contribution is 2.34. The van der Waals surface area contributed by atoms with Crippen LogP contribution in [0.25, 0.3) is 16.9 Å². The molecule has 214 valence electrons. The van der Waals surface area contributed by atoms with Gasteiger partial charge in [0.05, 0.1) is 6.61 Å². The van der Waals surface area contributed by atoms with Crippen LogP contribution in [-0.4, -0.2) is 29.8 Å². The molecule has 0 spiro atoms. The topological polar surface area (TPSA) is 62.7 Å². The number of unbranched alkanes of at least 4 members (excludes halogenated alkanes) is 6. The molecule has 0 saturated heterocycles. The third-order valence-corrected chi connectivity index (χ3v) is 7.05. The van der Waals surface area contributed by atoms with E-state index in [4.69, 9.17) is 18.9 Å². The first-order chi connectivity index (χ1) is 19.8. The highest BCUT2D eigenvalue weighted by molar-refractivity contribution is 5.63. The second-order valence-corrected chi connectivity index (χ2v) is 10.3. The van der Waals surface area contributed by atoms with Crippen molar-refractivity contribution in [2.75, 3.05) is 19.8 Å². The molecule has 2 heterocycles. The van der Waals surface area contributed by atoms with Crippen molar-refractivity contribution in [3.8, 4) is 16.9 Å². The Hall–Kier alpha value is -3.38. The lowest BCUT2D eigenvalue weighted by atomic mass is 10.0. The lowest BCUT2D eigenvalue weighted by molar-refractivity contribution is -0.0181. The molecule has 0 fully saturated rings. The van der Waals surface area contributed by atoms with E-state index in [-0.39, 0.29) is 0 Å². The molecule has 0 aliphatic carbocycles. The van der Waals surface area contributed by atoms with E-state index in [0.717, 1.165) is 61.3 Å². The van der Waals surface area contributed by atoms with Gasteiger partial charge in [-0.1, -0.05) is 82.3 Å². The molecule has 3 aromatic rings. The average Bonchev–Trinajstić information content (AvgIpc) is 3.49. The van der Waals surface area contributed by atoms with E-state index in [1.54, 1.807) is 6.26 Å². The predicted octanol–water partition coefficient (Wildman–Crippen LogP) is 8.68. The van der Waals surface area contributed by atoms with Crippen LogP contribution in [0, 0.1) is 0 Å². The van der Waals surface area contributed by atoms with Crippen LogP contribution >= 0.6 is 0 Å². The molecule has 0 amide bonds. The van der Waals surface area contributed by atoms with Crippen LogP contribution in [0.3, 0.4) is 0 Å². The second kappa shape index (κ2) is 16.7. The number of nitrogens with zero attached hydrogens (tertiary/aromatic N) is 2. The molecule has 0 bridgehead atoms. The van der Waals surface area contributed by atoms with Gasteiger partial charge in [0.1, 0.15) is 12.0 Å². The normalized spacial score (nSPS) is 14.4. The van der Waals surface area contributed by atoms with Crippen LogP contribution in [0.2, 0.25) is 0 Å². The number of benzene rings is 2. The number of aromatic nitrogens is 2. The molecule has 1 aliphatic rings. The summed E-state index contributed by atoms with van der Waals surface area (Å²) in [5, 5.41) is 0. The Kier molecular flexibility index (Phi) is 12.3. The van der Waals surface area contributed by atoms with Crippen LogP contribution in [-0.2, 0) is 20.6 Å². The van der Waals surface area contributed by atoms with Gasteiger partial charge in [-0.3, -0.25) is 0 Å². The molecule has 0 radical (unpaired) electrons. The van der Waals surface area contributed by atoms with Crippen molar-refractivity contribution in [3.63, 3.8) is 0 Å². The number of hydrogen-bond donors (Lipinski definition) is 0. The summed E-state index contributed by atoms with van der Waals surface area (Å²) < 4.78 is 23.5. The minimum absolute atomic E-state index is 0.466. The predicted molar refractivity (Wildman–Crippen MR) is 160 cm³/mol. The molecule has 0 N–H and O–H groups in total. The molecule has 40 heavy (non-hydrogen) atoms. The third-order valence-electron chi connectivity index (χ3n) is 7.05. The van der Waals surface area contributed by atoms with Crippen LogP contribution in [0.15, 0.2) is 67.2 Å². The van der Waals surface area contributed by atoms with Crippen molar-refractivity contribution in [2.45, 2.75) is 84.3 Å². The molecule has 2 aromatic carbocycles. The highest BCUT2D eigenvalue weighted by atomic mass is 16.7. The zero-order valence-electron chi connectivity index (χ0n) is 24.1. The summed E-state index contributed by atoms with van der Waals surface area (Å²) in [4.78, 5) is 9.11. The van der Waals surface area contributed by atoms with Gasteiger partial charge in [0, 0.05) is 36.7 Å². The van der Waals surface area contributed by atoms with Gasteiger partial charge in [-0.2, -0.15) is 0 Å². The quantitative estimate of drug-likeness (QED) is 0.149. The van der Waals surface area contributed by atoms with Crippen LogP contribution in [0.5, 0.6) is 5.75 Å². The number of ether oxygens (including phenoxy) is 4. The van der Waals surface area contributed by atoms with Crippen molar-refractivity contribution in [2.24, 2.45) is 0 Å². The smallest absolute Gasteiger partial charge is 0.267 e. The van der Waals surface area contributed by atoms with Crippen molar-refractivity contribution in [3.05, 3.63) is 84.1 Å². The van der Waals surface area contributed by atoms with E-state index in [9.17, 15) is 0 Å². The van der Waals surface area contributed by atoms with E-state index in [0.29, 0.717) is 18.2 Å². The summed E-state index contributed by atoms with van der Waals surface area (Å²) in [7, 11) is 0. The number of hydrogen-bond acceptors (Lipinski definition) is 6. The van der Waals surface area contributed by atoms with Crippen molar-refractivity contribution in [1.82, 2.24) is 9.97 Å². The van der Waals surface area contributed by atoms with E-state index in [1.165, 1.54) is 44.1 Å². The Morgan fingerprint density at radius 1 is 0.725 bits per heavy atom. The van der Waals surface area contributed by atoms with Gasteiger partial charge in [0.15, 0.2) is 5.82 Å². The summed E-state index contributed by atoms with van der Waals surface area (Å²) in [6, 6.07) is 16.4. The first-order valence-electron chi connectivity index (χ1n) is 15.0. The molecule has 0 saturated carbocycles. The van der Waals surface area contributed by atoms with Gasteiger partial charge in [-0.25, -0.2) is 9.97 Å². The van der Waals surface area contributed by atoms with Crippen LogP contribution in [0.4, 0.5) is 0 Å². The molecule has 4 rings (SSSR count). The average molecular weight is 545 g/mol. The summed E-state index contributed by atoms with van der Waals surface area (Å²) in [5.74, 6) is 1.93. The SMILES string of the molecule is CCCCCCCc1ccccc1C1OC=C(c2ncc(-c3ccc(OCCCCOCCCC)cc3)cn2)O1. The molecule has 1 aliphatic heterocycles. The lowest BCUT2D eigenvalue weighted by Gasteiger charge is -2.16.